The first-order chi connectivity index (χ1) is 16.1. The van der Waals surface area contributed by atoms with Crippen LogP contribution in [0.4, 0.5) is 10.1 Å². The van der Waals surface area contributed by atoms with Crippen molar-refractivity contribution >= 4 is 49.8 Å². The number of nitrogens with zero attached hydrogens (tertiary/aromatic N) is 1. The summed E-state index contributed by atoms with van der Waals surface area (Å²) in [5, 5.41) is 1.20. The topological polar surface area (TPSA) is 48.0 Å². The van der Waals surface area contributed by atoms with E-state index in [1.807, 2.05) is 18.2 Å². The van der Waals surface area contributed by atoms with Crippen molar-refractivity contribution in [2.45, 2.75) is 57.8 Å². The Morgan fingerprint density at radius 2 is 1.49 bits per heavy atom. The lowest BCUT2D eigenvalue weighted by molar-refractivity contribution is -0.119. The molecule has 1 aromatic rings. The second-order valence-corrected chi connectivity index (χ2v) is 28.7. The Labute approximate surface area is 216 Å². The molecule has 0 N–H and O–H groups in total. The highest BCUT2D eigenvalue weighted by Gasteiger charge is 2.45. The lowest BCUT2D eigenvalue weighted by atomic mass is 10.3. The molecule has 0 aromatic heterocycles. The second-order valence-electron chi connectivity index (χ2n) is 10.9. The van der Waals surface area contributed by atoms with Crippen molar-refractivity contribution in [2.75, 3.05) is 40.0 Å². The maximum absolute atomic E-state index is 12.9. The summed E-state index contributed by atoms with van der Waals surface area (Å²) in [6, 6.07) is 9.84. The molecule has 0 aliphatic carbocycles. The van der Waals surface area contributed by atoms with Crippen molar-refractivity contribution in [3.8, 4) is 0 Å². The first-order valence-corrected chi connectivity index (χ1v) is 23.2. The Morgan fingerprint density at radius 3 is 1.97 bits per heavy atom. The van der Waals surface area contributed by atoms with Crippen LogP contribution < -0.4 is 10.1 Å². The van der Waals surface area contributed by atoms with Gasteiger partial charge in [0, 0.05) is 40.1 Å². The van der Waals surface area contributed by atoms with Crippen molar-refractivity contribution in [3.05, 3.63) is 47.1 Å². The molecule has 0 aliphatic heterocycles. The number of carbonyl (C=O) groups is 1. The molecule has 0 atom stereocenters. The van der Waals surface area contributed by atoms with Gasteiger partial charge in [0.1, 0.15) is 8.07 Å². The minimum atomic E-state index is -2.58. The molecule has 0 bridgehead atoms. The van der Waals surface area contributed by atoms with Crippen LogP contribution in [0, 0.1) is 0 Å². The number of benzene rings is 1. The number of amides is 1. The van der Waals surface area contributed by atoms with Gasteiger partial charge in [-0.05, 0) is 12.1 Å². The normalized spacial score (nSPS) is 13.0. The van der Waals surface area contributed by atoms with Crippen LogP contribution in [-0.2, 0) is 18.1 Å². The maximum atomic E-state index is 12.9. The van der Waals surface area contributed by atoms with E-state index < -0.39 is 45.6 Å². The lowest BCUT2D eigenvalue weighted by Gasteiger charge is -2.42. The summed E-state index contributed by atoms with van der Waals surface area (Å²) in [7, 11) is -1.92. The predicted molar refractivity (Wildman–Crippen MR) is 157 cm³/mol. The molecule has 1 aromatic carbocycles. The summed E-state index contributed by atoms with van der Waals surface area (Å²) in [6.45, 7) is 22.6. The first-order valence-electron chi connectivity index (χ1n) is 12.0. The van der Waals surface area contributed by atoms with Crippen LogP contribution in [0.15, 0.2) is 47.1 Å². The highest BCUT2D eigenvalue weighted by atomic mass is 28.4. The van der Waals surface area contributed by atoms with Gasteiger partial charge in [0.15, 0.2) is 6.67 Å². The van der Waals surface area contributed by atoms with Gasteiger partial charge in [-0.1, -0.05) is 78.7 Å². The van der Waals surface area contributed by atoms with Gasteiger partial charge in [-0.2, -0.15) is 0 Å². The van der Waals surface area contributed by atoms with E-state index in [0.29, 0.717) is 5.69 Å². The van der Waals surface area contributed by atoms with Crippen molar-refractivity contribution in [2.24, 2.45) is 0 Å². The summed E-state index contributed by atoms with van der Waals surface area (Å²) in [4.78, 5) is 16.0. The van der Waals surface area contributed by atoms with Crippen LogP contribution in [0.2, 0.25) is 51.4 Å². The van der Waals surface area contributed by atoms with Crippen molar-refractivity contribution in [1.82, 2.24) is 0 Å². The van der Waals surface area contributed by atoms with E-state index in [1.54, 1.807) is 28.4 Å². The molecular weight excluding hydrogens is 510 g/mol. The molecule has 0 aliphatic rings. The molecule has 0 fully saturated rings. The number of hydrogen-bond acceptors (Lipinski definition) is 4. The first kappa shape index (κ1) is 31.9. The van der Waals surface area contributed by atoms with Crippen molar-refractivity contribution in [3.63, 3.8) is 0 Å². The van der Waals surface area contributed by atoms with Gasteiger partial charge in [0.25, 0.3) is 5.91 Å². The van der Waals surface area contributed by atoms with Gasteiger partial charge in [0.05, 0.1) is 16.1 Å². The van der Waals surface area contributed by atoms with Gasteiger partial charge in [-0.3, -0.25) is 4.79 Å². The van der Waals surface area contributed by atoms with E-state index in [1.165, 1.54) is 19.7 Å². The average Bonchev–Trinajstić information content (AvgIpc) is 2.84. The van der Waals surface area contributed by atoms with Crippen LogP contribution in [-0.4, -0.2) is 74.0 Å². The van der Waals surface area contributed by atoms with Crippen LogP contribution in [0.3, 0.4) is 0 Å². The minimum Gasteiger partial charge on any atom is -0.377 e. The minimum absolute atomic E-state index is 0.543. The third kappa shape index (κ3) is 7.21. The van der Waals surface area contributed by atoms with Gasteiger partial charge >= 0.3 is 8.80 Å². The van der Waals surface area contributed by atoms with E-state index in [-0.39, 0.29) is 0 Å². The highest BCUT2D eigenvalue weighted by Crippen LogP contribution is 2.36. The SMILES string of the molecule is C=C([Si](C)(C)CCC[Si](OC)(OC)OC)[Si](C)(C)C(=C)[Si](C)(C)c1cccc(N(C)C(=O)CF)c1. The van der Waals surface area contributed by atoms with Crippen molar-refractivity contribution in [1.29, 1.82) is 0 Å². The van der Waals surface area contributed by atoms with E-state index in [9.17, 15) is 9.18 Å². The summed E-state index contributed by atoms with van der Waals surface area (Å²) < 4.78 is 29.7. The van der Waals surface area contributed by atoms with Crippen LogP contribution in [0.25, 0.3) is 0 Å². The molecule has 0 spiro atoms. The number of alkyl halides is 1. The smallest absolute Gasteiger partial charge is 0.377 e. The third-order valence-corrected chi connectivity index (χ3v) is 27.7. The van der Waals surface area contributed by atoms with Crippen molar-refractivity contribution < 1.29 is 22.5 Å². The van der Waals surface area contributed by atoms with E-state index in [2.05, 4.69) is 58.5 Å². The van der Waals surface area contributed by atoms with E-state index >= 15 is 0 Å². The van der Waals surface area contributed by atoms with E-state index in [4.69, 9.17) is 13.3 Å². The molecule has 198 valence electrons. The second kappa shape index (κ2) is 12.4. The zero-order chi connectivity index (χ0) is 27.2. The predicted octanol–water partition coefficient (Wildman–Crippen LogP) is 5.49. The molecule has 1 amide bonds. The molecule has 0 saturated heterocycles. The fourth-order valence-electron chi connectivity index (χ4n) is 4.77. The number of carbonyl (C=O) groups excluding carboxylic acids is 1. The molecule has 10 heteroatoms. The Morgan fingerprint density at radius 1 is 0.943 bits per heavy atom. The van der Waals surface area contributed by atoms with Crippen LogP contribution in [0.5, 0.6) is 0 Å². The molecule has 0 heterocycles. The van der Waals surface area contributed by atoms with Gasteiger partial charge in [0.2, 0.25) is 0 Å². The standard InChI is InChI=1S/C25H46FNO4Si4/c1-21(32(7,8)17-14-18-35(29-4,30-5)31-6)33(9,10)22(2)34(11,12)24-16-13-15-23(19-24)27(3)25(28)20-26/h13,15-16,19H,1-2,14,17-18,20H2,3-12H3. The maximum Gasteiger partial charge on any atom is 0.500 e. The van der Waals surface area contributed by atoms with Gasteiger partial charge in [-0.15, -0.1) is 13.2 Å². The highest BCUT2D eigenvalue weighted by molar-refractivity contribution is 7.19. The molecule has 1 rings (SSSR count). The largest absolute Gasteiger partial charge is 0.500 e. The Kier molecular flexibility index (Phi) is 11.3. The van der Waals surface area contributed by atoms with Crippen LogP contribution in [0.1, 0.15) is 6.42 Å². The summed E-state index contributed by atoms with van der Waals surface area (Å²) in [6.07, 6.45) is 0.981. The molecule has 5 nitrogen and oxygen atoms in total. The van der Waals surface area contributed by atoms with Gasteiger partial charge in [-0.25, -0.2) is 4.39 Å². The fraction of sp³-hybridized carbons (Fsp3) is 0.560. The monoisotopic (exact) mass is 555 g/mol. The Balaban J connectivity index is 3.14. The molecule has 0 unspecified atom stereocenters. The lowest BCUT2D eigenvalue weighted by Crippen LogP contribution is -2.56. The number of halogens is 1. The van der Waals surface area contributed by atoms with Crippen LogP contribution >= 0.6 is 0 Å². The molecule has 0 saturated carbocycles. The number of hydrogen-bond donors (Lipinski definition) is 0. The molecular formula is C25H46FNO4Si4. The number of anilines is 1. The number of rotatable bonds is 14. The fourth-order valence-corrected chi connectivity index (χ4v) is 25.1. The Hall–Kier alpha value is -1.15. The zero-order valence-corrected chi connectivity index (χ0v) is 27.5. The summed E-state index contributed by atoms with van der Waals surface area (Å²) in [5.74, 6) is -0.543. The Bertz CT molecular complexity index is 908. The summed E-state index contributed by atoms with van der Waals surface area (Å²) >= 11 is 0. The molecule has 0 radical (unpaired) electrons. The van der Waals surface area contributed by atoms with E-state index in [0.717, 1.165) is 18.5 Å². The quantitative estimate of drug-likeness (QED) is 0.285. The summed E-state index contributed by atoms with van der Waals surface area (Å²) in [5.41, 5.74) is 0.716. The third-order valence-electron chi connectivity index (χ3n) is 7.74. The van der Waals surface area contributed by atoms with Gasteiger partial charge < -0.3 is 18.2 Å². The molecule has 35 heavy (non-hydrogen) atoms. The zero-order valence-electron chi connectivity index (χ0n) is 23.5. The average molecular weight is 556 g/mol.